The second-order valence-electron chi connectivity index (χ2n) is 5.02. The van der Waals surface area contributed by atoms with Crippen molar-refractivity contribution in [2.75, 3.05) is 18.6 Å². The number of fused-ring (bicyclic) bond motifs is 1. The zero-order valence-corrected chi connectivity index (χ0v) is 13.1. The van der Waals surface area contributed by atoms with Gasteiger partial charge in [0.1, 0.15) is 11.3 Å². The van der Waals surface area contributed by atoms with Gasteiger partial charge >= 0.3 is 0 Å². The van der Waals surface area contributed by atoms with Gasteiger partial charge in [-0.3, -0.25) is 0 Å². The fourth-order valence-corrected chi connectivity index (χ4v) is 4.03. The van der Waals surface area contributed by atoms with Crippen molar-refractivity contribution in [2.24, 2.45) is 5.92 Å². The molecule has 3 rings (SSSR count). The summed E-state index contributed by atoms with van der Waals surface area (Å²) in [5, 5.41) is 0. The third-order valence-corrected chi connectivity index (χ3v) is 5.04. The number of ether oxygens (including phenoxy) is 1. The van der Waals surface area contributed by atoms with Gasteiger partial charge in [-0.05, 0) is 36.3 Å². The molecule has 1 aliphatic heterocycles. The molecule has 1 saturated heterocycles. The minimum absolute atomic E-state index is 0.417. The number of rotatable bonds is 4. The molecule has 2 aromatic heterocycles. The van der Waals surface area contributed by atoms with Crippen molar-refractivity contribution in [3.8, 4) is 5.88 Å². The van der Waals surface area contributed by atoms with Gasteiger partial charge in [0.15, 0.2) is 5.65 Å². The van der Waals surface area contributed by atoms with Gasteiger partial charge in [-0.25, -0.2) is 4.98 Å². The molecule has 108 valence electrons. The largest absolute Gasteiger partial charge is 0.481 e. The third kappa shape index (κ3) is 2.74. The predicted octanol–water partition coefficient (Wildman–Crippen LogP) is 3.32. The molecule has 4 nitrogen and oxygen atoms in total. The molecule has 0 saturated carbocycles. The lowest BCUT2D eigenvalue weighted by molar-refractivity contribution is 0.395. The third-order valence-electron chi connectivity index (χ3n) is 3.76. The molecule has 0 bridgehead atoms. The van der Waals surface area contributed by atoms with Gasteiger partial charge in [-0.15, -0.1) is 11.6 Å². The van der Waals surface area contributed by atoms with E-state index in [2.05, 4.69) is 14.5 Å². The maximum atomic E-state index is 6.05. The van der Waals surface area contributed by atoms with Crippen molar-refractivity contribution < 1.29 is 4.74 Å². The number of aromatic nitrogens is 3. The Kier molecular flexibility index (Phi) is 4.36. The van der Waals surface area contributed by atoms with Crippen molar-refractivity contribution in [3.05, 3.63) is 18.0 Å². The van der Waals surface area contributed by atoms with Crippen LogP contribution in [0.15, 0.2) is 12.1 Å². The summed E-state index contributed by atoms with van der Waals surface area (Å²) in [6, 6.07) is 3.79. The van der Waals surface area contributed by atoms with E-state index in [1.807, 2.05) is 23.9 Å². The molecule has 20 heavy (non-hydrogen) atoms. The summed E-state index contributed by atoms with van der Waals surface area (Å²) in [5.41, 5.74) is 1.78. The van der Waals surface area contributed by atoms with E-state index >= 15 is 0 Å². The molecule has 0 N–H and O–H groups in total. The Morgan fingerprint density at radius 1 is 1.35 bits per heavy atom. The summed E-state index contributed by atoms with van der Waals surface area (Å²) in [7, 11) is 1.63. The number of methoxy groups -OCH3 is 1. The van der Waals surface area contributed by atoms with E-state index in [1.165, 1.54) is 24.3 Å². The predicted molar refractivity (Wildman–Crippen MR) is 83.7 cm³/mol. The average Bonchev–Trinajstić information content (AvgIpc) is 2.85. The number of hydrogen-bond acceptors (Lipinski definition) is 4. The van der Waals surface area contributed by atoms with Crippen LogP contribution in [0.2, 0.25) is 0 Å². The SMILES string of the molecule is COc1ccc2nc(CCl)n(CC3CCSCC3)c2n1. The van der Waals surface area contributed by atoms with Crippen molar-refractivity contribution in [3.63, 3.8) is 0 Å². The number of alkyl halides is 1. The maximum absolute atomic E-state index is 6.05. The van der Waals surface area contributed by atoms with Crippen molar-refractivity contribution in [2.45, 2.75) is 25.3 Å². The van der Waals surface area contributed by atoms with Crippen LogP contribution in [-0.4, -0.2) is 33.2 Å². The highest BCUT2D eigenvalue weighted by Crippen LogP contribution is 2.27. The van der Waals surface area contributed by atoms with E-state index < -0.39 is 0 Å². The van der Waals surface area contributed by atoms with Crippen LogP contribution in [0.4, 0.5) is 0 Å². The number of nitrogens with zero attached hydrogens (tertiary/aromatic N) is 3. The highest BCUT2D eigenvalue weighted by Gasteiger charge is 2.19. The second-order valence-corrected chi connectivity index (χ2v) is 6.52. The Bertz CT molecular complexity index is 595. The smallest absolute Gasteiger partial charge is 0.215 e. The number of imidazole rings is 1. The zero-order valence-electron chi connectivity index (χ0n) is 11.5. The minimum atomic E-state index is 0.417. The molecular formula is C14H18ClN3OS. The molecule has 2 aromatic rings. The number of halogens is 1. The number of hydrogen-bond donors (Lipinski definition) is 0. The summed E-state index contributed by atoms with van der Waals surface area (Å²) in [6.45, 7) is 0.958. The molecule has 0 unspecified atom stereocenters. The van der Waals surface area contributed by atoms with Crippen molar-refractivity contribution >= 4 is 34.5 Å². The highest BCUT2D eigenvalue weighted by molar-refractivity contribution is 7.99. The van der Waals surface area contributed by atoms with E-state index in [4.69, 9.17) is 16.3 Å². The lowest BCUT2D eigenvalue weighted by Gasteiger charge is -2.22. The molecule has 1 aliphatic rings. The topological polar surface area (TPSA) is 39.9 Å². The molecular weight excluding hydrogens is 294 g/mol. The number of pyridine rings is 1. The summed E-state index contributed by atoms with van der Waals surface area (Å²) >= 11 is 8.09. The summed E-state index contributed by atoms with van der Waals surface area (Å²) in [5.74, 6) is 5.15. The maximum Gasteiger partial charge on any atom is 0.215 e. The van der Waals surface area contributed by atoms with Crippen LogP contribution in [0.3, 0.4) is 0 Å². The van der Waals surface area contributed by atoms with E-state index in [0.717, 1.165) is 23.5 Å². The lowest BCUT2D eigenvalue weighted by atomic mass is 10.0. The number of thioether (sulfide) groups is 1. The van der Waals surface area contributed by atoms with Crippen LogP contribution < -0.4 is 4.74 Å². The van der Waals surface area contributed by atoms with Gasteiger partial charge in [0.25, 0.3) is 0 Å². The molecule has 0 aromatic carbocycles. The molecule has 3 heterocycles. The van der Waals surface area contributed by atoms with Crippen LogP contribution in [0.25, 0.3) is 11.2 Å². The Hall–Kier alpha value is -0.940. The monoisotopic (exact) mass is 311 g/mol. The van der Waals surface area contributed by atoms with Crippen LogP contribution in [0.1, 0.15) is 18.7 Å². The van der Waals surface area contributed by atoms with Gasteiger partial charge < -0.3 is 9.30 Å². The molecule has 0 atom stereocenters. The normalized spacial score (nSPS) is 16.7. The Morgan fingerprint density at radius 2 is 2.15 bits per heavy atom. The Labute approximate surface area is 127 Å². The first kappa shape index (κ1) is 14.0. The van der Waals surface area contributed by atoms with Crippen molar-refractivity contribution in [1.29, 1.82) is 0 Å². The average molecular weight is 312 g/mol. The molecule has 0 amide bonds. The van der Waals surface area contributed by atoms with E-state index in [-0.39, 0.29) is 0 Å². The molecule has 0 aliphatic carbocycles. The van der Waals surface area contributed by atoms with Gasteiger partial charge in [-0.1, -0.05) is 0 Å². The summed E-state index contributed by atoms with van der Waals surface area (Å²) in [4.78, 5) is 9.12. The summed E-state index contributed by atoms with van der Waals surface area (Å²) < 4.78 is 7.39. The van der Waals surface area contributed by atoms with Crippen LogP contribution in [0.5, 0.6) is 5.88 Å². The Morgan fingerprint density at radius 3 is 2.85 bits per heavy atom. The fraction of sp³-hybridized carbons (Fsp3) is 0.571. The van der Waals surface area contributed by atoms with Gasteiger partial charge in [0.2, 0.25) is 5.88 Å². The van der Waals surface area contributed by atoms with Crippen LogP contribution in [-0.2, 0) is 12.4 Å². The molecule has 1 fully saturated rings. The summed E-state index contributed by atoms with van der Waals surface area (Å²) in [6.07, 6.45) is 2.52. The van der Waals surface area contributed by atoms with E-state index in [9.17, 15) is 0 Å². The van der Waals surface area contributed by atoms with Crippen LogP contribution in [0, 0.1) is 5.92 Å². The van der Waals surface area contributed by atoms with Gasteiger partial charge in [0.05, 0.1) is 13.0 Å². The minimum Gasteiger partial charge on any atom is -0.481 e. The first-order valence-electron chi connectivity index (χ1n) is 6.85. The zero-order chi connectivity index (χ0) is 13.9. The standard InChI is InChI=1S/C14H18ClN3OS/c1-19-13-3-2-11-14(17-13)18(12(8-15)16-11)9-10-4-6-20-7-5-10/h2-3,10H,4-9H2,1H3. The van der Waals surface area contributed by atoms with Gasteiger partial charge in [0, 0.05) is 12.6 Å². The molecule has 0 radical (unpaired) electrons. The van der Waals surface area contributed by atoms with Crippen molar-refractivity contribution in [1.82, 2.24) is 14.5 Å². The molecule has 6 heteroatoms. The Balaban J connectivity index is 1.97. The molecule has 0 spiro atoms. The van der Waals surface area contributed by atoms with Crippen LogP contribution >= 0.6 is 23.4 Å². The quantitative estimate of drug-likeness (QED) is 0.812. The van der Waals surface area contributed by atoms with E-state index in [1.54, 1.807) is 7.11 Å². The highest BCUT2D eigenvalue weighted by atomic mass is 35.5. The second kappa shape index (κ2) is 6.22. The first-order chi connectivity index (χ1) is 9.81. The fourth-order valence-electron chi connectivity index (χ4n) is 2.63. The first-order valence-corrected chi connectivity index (χ1v) is 8.54. The van der Waals surface area contributed by atoms with E-state index in [0.29, 0.717) is 17.7 Å². The van der Waals surface area contributed by atoms with Gasteiger partial charge in [-0.2, -0.15) is 16.7 Å². The lowest BCUT2D eigenvalue weighted by Crippen LogP contribution is -2.18.